The number of ether oxygens (including phenoxy) is 2. The van der Waals surface area contributed by atoms with E-state index in [0.717, 1.165) is 0 Å². The van der Waals surface area contributed by atoms with Gasteiger partial charge in [-0.15, -0.1) is 0 Å². The molecule has 0 saturated carbocycles. The van der Waals surface area contributed by atoms with Crippen LogP contribution >= 0.6 is 0 Å². The summed E-state index contributed by atoms with van der Waals surface area (Å²) in [5.41, 5.74) is 0.388. The Morgan fingerprint density at radius 1 is 1.16 bits per heavy atom. The molecule has 0 aliphatic rings. The van der Waals surface area contributed by atoms with Crippen LogP contribution < -0.4 is 10.1 Å². The summed E-state index contributed by atoms with van der Waals surface area (Å²) < 4.78 is 9.80. The minimum atomic E-state index is -0.678. The molecule has 1 N–H and O–H groups in total. The first-order valence-electron chi connectivity index (χ1n) is 6.03. The number of carbonyl (C=O) groups is 2. The maximum Gasteiger partial charge on any atom is 0.328 e. The minimum Gasteiger partial charge on any atom is -0.496 e. The van der Waals surface area contributed by atoms with Gasteiger partial charge in [-0.25, -0.2) is 4.79 Å². The van der Waals surface area contributed by atoms with Crippen LogP contribution in [-0.4, -0.2) is 32.1 Å². The zero-order chi connectivity index (χ0) is 14.4. The largest absolute Gasteiger partial charge is 0.496 e. The summed E-state index contributed by atoms with van der Waals surface area (Å²) in [7, 11) is 2.79. The molecule has 5 nitrogen and oxygen atoms in total. The van der Waals surface area contributed by atoms with Gasteiger partial charge in [0.25, 0.3) is 5.91 Å². The number of para-hydroxylation sites is 1. The van der Waals surface area contributed by atoms with E-state index in [0.29, 0.717) is 11.3 Å². The summed E-state index contributed by atoms with van der Waals surface area (Å²) in [5.74, 6) is -0.418. The van der Waals surface area contributed by atoms with E-state index in [-0.39, 0.29) is 11.8 Å². The Labute approximate surface area is 112 Å². The first-order valence-corrected chi connectivity index (χ1v) is 6.03. The topological polar surface area (TPSA) is 64.6 Å². The first kappa shape index (κ1) is 15.0. The number of hydrogen-bond donors (Lipinski definition) is 1. The summed E-state index contributed by atoms with van der Waals surface area (Å²) in [6.07, 6.45) is 0. The third-order valence-corrected chi connectivity index (χ3v) is 2.76. The van der Waals surface area contributed by atoms with Gasteiger partial charge in [0.1, 0.15) is 11.8 Å². The van der Waals surface area contributed by atoms with Crippen molar-refractivity contribution in [3.63, 3.8) is 0 Å². The van der Waals surface area contributed by atoms with E-state index in [1.54, 1.807) is 24.3 Å². The third kappa shape index (κ3) is 3.71. The zero-order valence-electron chi connectivity index (χ0n) is 11.6. The highest BCUT2D eigenvalue weighted by atomic mass is 16.5. The fraction of sp³-hybridized carbons (Fsp3) is 0.429. The van der Waals surface area contributed by atoms with E-state index in [2.05, 4.69) is 10.1 Å². The third-order valence-electron chi connectivity index (χ3n) is 2.76. The summed E-state index contributed by atoms with van der Waals surface area (Å²) in [6.45, 7) is 3.67. The molecule has 0 heterocycles. The SMILES string of the molecule is COC(=O)C(NC(=O)c1ccccc1OC)C(C)C. The number of amides is 1. The second kappa shape index (κ2) is 6.78. The van der Waals surface area contributed by atoms with E-state index < -0.39 is 12.0 Å². The van der Waals surface area contributed by atoms with Crippen LogP contribution in [0.4, 0.5) is 0 Å². The van der Waals surface area contributed by atoms with Gasteiger partial charge in [-0.3, -0.25) is 4.79 Å². The van der Waals surface area contributed by atoms with Gasteiger partial charge in [0.05, 0.1) is 19.8 Å². The fourth-order valence-corrected chi connectivity index (χ4v) is 1.68. The molecular formula is C14H19NO4. The van der Waals surface area contributed by atoms with E-state index in [1.807, 2.05) is 13.8 Å². The molecular weight excluding hydrogens is 246 g/mol. The molecule has 1 unspecified atom stereocenters. The summed E-state index contributed by atoms with van der Waals surface area (Å²) in [5, 5.41) is 2.66. The molecule has 1 atom stereocenters. The number of carbonyl (C=O) groups excluding carboxylic acids is 2. The normalized spacial score (nSPS) is 11.8. The molecule has 0 saturated heterocycles. The molecule has 0 aliphatic heterocycles. The van der Waals surface area contributed by atoms with Crippen LogP contribution in [0.3, 0.4) is 0 Å². The molecule has 0 bridgehead atoms. The Bertz CT molecular complexity index is 457. The first-order chi connectivity index (χ1) is 9.01. The van der Waals surface area contributed by atoms with Gasteiger partial charge in [-0.05, 0) is 18.1 Å². The van der Waals surface area contributed by atoms with Crippen LogP contribution in [0.5, 0.6) is 5.75 Å². The highest BCUT2D eigenvalue weighted by molar-refractivity contribution is 5.99. The van der Waals surface area contributed by atoms with E-state index in [1.165, 1.54) is 14.2 Å². The van der Waals surface area contributed by atoms with Crippen molar-refractivity contribution in [2.75, 3.05) is 14.2 Å². The van der Waals surface area contributed by atoms with Crippen molar-refractivity contribution in [3.8, 4) is 5.75 Å². The van der Waals surface area contributed by atoms with Crippen LogP contribution in [0.2, 0.25) is 0 Å². The molecule has 104 valence electrons. The Morgan fingerprint density at radius 2 is 1.79 bits per heavy atom. The molecule has 1 aromatic rings. The molecule has 1 rings (SSSR count). The van der Waals surface area contributed by atoms with Crippen LogP contribution in [0.1, 0.15) is 24.2 Å². The number of methoxy groups -OCH3 is 2. The molecule has 0 radical (unpaired) electrons. The monoisotopic (exact) mass is 265 g/mol. The molecule has 0 fully saturated rings. The lowest BCUT2D eigenvalue weighted by molar-refractivity contribution is -0.144. The molecule has 0 aromatic heterocycles. The van der Waals surface area contributed by atoms with Crippen LogP contribution in [-0.2, 0) is 9.53 Å². The van der Waals surface area contributed by atoms with Crippen molar-refractivity contribution < 1.29 is 19.1 Å². The molecule has 1 aromatic carbocycles. The molecule has 1 amide bonds. The van der Waals surface area contributed by atoms with E-state index in [9.17, 15) is 9.59 Å². The minimum absolute atomic E-state index is 0.0638. The maximum atomic E-state index is 12.2. The van der Waals surface area contributed by atoms with Gasteiger partial charge >= 0.3 is 5.97 Å². The molecule has 5 heteroatoms. The second-order valence-electron chi connectivity index (χ2n) is 4.42. The zero-order valence-corrected chi connectivity index (χ0v) is 11.6. The van der Waals surface area contributed by atoms with Crippen LogP contribution in [0.25, 0.3) is 0 Å². The smallest absolute Gasteiger partial charge is 0.328 e. The van der Waals surface area contributed by atoms with Crippen molar-refractivity contribution in [2.45, 2.75) is 19.9 Å². The van der Waals surface area contributed by atoms with Crippen LogP contribution in [0.15, 0.2) is 24.3 Å². The Balaban J connectivity index is 2.91. The maximum absolute atomic E-state index is 12.2. The van der Waals surface area contributed by atoms with E-state index in [4.69, 9.17) is 4.74 Å². The Hall–Kier alpha value is -2.04. The standard InChI is InChI=1S/C14H19NO4/c1-9(2)12(14(17)19-4)15-13(16)10-7-5-6-8-11(10)18-3/h5-9,12H,1-4H3,(H,15,16). The van der Waals surface area contributed by atoms with Gasteiger partial charge in [0.15, 0.2) is 0 Å². The number of nitrogens with one attached hydrogen (secondary N) is 1. The summed E-state index contributed by atoms with van der Waals surface area (Å²) >= 11 is 0. The number of rotatable bonds is 5. The number of hydrogen-bond acceptors (Lipinski definition) is 4. The highest BCUT2D eigenvalue weighted by Crippen LogP contribution is 2.17. The fourth-order valence-electron chi connectivity index (χ4n) is 1.68. The predicted molar refractivity (Wildman–Crippen MR) is 71.1 cm³/mol. The van der Waals surface area contributed by atoms with E-state index >= 15 is 0 Å². The summed E-state index contributed by atoms with van der Waals surface area (Å²) in [6, 6.07) is 6.17. The highest BCUT2D eigenvalue weighted by Gasteiger charge is 2.26. The van der Waals surface area contributed by atoms with Gasteiger partial charge in [0, 0.05) is 0 Å². The summed E-state index contributed by atoms with van der Waals surface area (Å²) in [4.78, 5) is 23.8. The van der Waals surface area contributed by atoms with Crippen molar-refractivity contribution in [1.29, 1.82) is 0 Å². The average molecular weight is 265 g/mol. The lowest BCUT2D eigenvalue weighted by Gasteiger charge is -2.20. The van der Waals surface area contributed by atoms with Crippen molar-refractivity contribution in [3.05, 3.63) is 29.8 Å². The van der Waals surface area contributed by atoms with Crippen molar-refractivity contribution >= 4 is 11.9 Å². The molecule has 0 aliphatic carbocycles. The quantitative estimate of drug-likeness (QED) is 0.822. The van der Waals surface area contributed by atoms with Crippen LogP contribution in [0, 0.1) is 5.92 Å². The average Bonchev–Trinajstić information content (AvgIpc) is 2.43. The molecule has 0 spiro atoms. The van der Waals surface area contributed by atoms with Gasteiger partial charge in [-0.1, -0.05) is 26.0 Å². The van der Waals surface area contributed by atoms with Gasteiger partial charge in [0.2, 0.25) is 0 Å². The van der Waals surface area contributed by atoms with Gasteiger partial charge < -0.3 is 14.8 Å². The van der Waals surface area contributed by atoms with Gasteiger partial charge in [-0.2, -0.15) is 0 Å². The lowest BCUT2D eigenvalue weighted by atomic mass is 10.0. The Kier molecular flexibility index (Phi) is 5.36. The number of esters is 1. The molecule has 19 heavy (non-hydrogen) atoms. The lowest BCUT2D eigenvalue weighted by Crippen LogP contribution is -2.45. The second-order valence-corrected chi connectivity index (χ2v) is 4.42. The van der Waals surface area contributed by atoms with Crippen molar-refractivity contribution in [2.24, 2.45) is 5.92 Å². The predicted octanol–water partition coefficient (Wildman–Crippen LogP) is 1.62. The Morgan fingerprint density at radius 3 is 2.32 bits per heavy atom. The van der Waals surface area contributed by atoms with Crippen molar-refractivity contribution in [1.82, 2.24) is 5.32 Å². The number of benzene rings is 1.